The fourth-order valence-corrected chi connectivity index (χ4v) is 1.21. The summed E-state index contributed by atoms with van der Waals surface area (Å²) < 4.78 is 25.6. The van der Waals surface area contributed by atoms with Crippen molar-refractivity contribution in [2.24, 2.45) is 0 Å². The number of nitrogens with zero attached hydrogens (tertiary/aromatic N) is 1. The van der Waals surface area contributed by atoms with Crippen molar-refractivity contribution in [3.8, 4) is 0 Å². The van der Waals surface area contributed by atoms with Crippen molar-refractivity contribution in [3.63, 3.8) is 0 Å². The summed E-state index contributed by atoms with van der Waals surface area (Å²) in [4.78, 5) is 3.23. The predicted molar refractivity (Wildman–Crippen MR) is 47.4 cm³/mol. The van der Waals surface area contributed by atoms with Gasteiger partial charge in [-0.25, -0.2) is 9.37 Å². The van der Waals surface area contributed by atoms with Gasteiger partial charge in [0, 0.05) is 6.20 Å². The zero-order chi connectivity index (χ0) is 9.68. The lowest BCUT2D eigenvalue weighted by Gasteiger charge is -2.01. The van der Waals surface area contributed by atoms with Gasteiger partial charge >= 0.3 is 0 Å². The van der Waals surface area contributed by atoms with Crippen molar-refractivity contribution in [1.82, 2.24) is 4.98 Å². The molecule has 0 atom stereocenters. The molecule has 1 aromatic rings. The van der Waals surface area contributed by atoms with Crippen LogP contribution in [0.4, 0.5) is 8.78 Å². The monoisotopic (exact) mass is 185 g/mol. The van der Waals surface area contributed by atoms with E-state index in [4.69, 9.17) is 0 Å². The first-order valence-corrected chi connectivity index (χ1v) is 4.54. The van der Waals surface area contributed by atoms with Gasteiger partial charge in [-0.1, -0.05) is 19.8 Å². The van der Waals surface area contributed by atoms with E-state index in [2.05, 4.69) is 11.9 Å². The molecule has 1 heterocycles. The molecule has 0 saturated heterocycles. The fraction of sp³-hybridized carbons (Fsp3) is 0.500. The average molecular weight is 185 g/mol. The van der Waals surface area contributed by atoms with Gasteiger partial charge in [0.05, 0.1) is 0 Å². The van der Waals surface area contributed by atoms with Crippen LogP contribution in [0.3, 0.4) is 0 Å². The van der Waals surface area contributed by atoms with Crippen LogP contribution >= 0.6 is 0 Å². The van der Waals surface area contributed by atoms with Crippen molar-refractivity contribution >= 4 is 0 Å². The second-order valence-electron chi connectivity index (χ2n) is 3.03. The molecule has 1 aromatic heterocycles. The maximum atomic E-state index is 13.0. The van der Waals surface area contributed by atoms with Crippen LogP contribution < -0.4 is 0 Å². The Bertz CT molecular complexity index is 274. The molecule has 13 heavy (non-hydrogen) atoms. The minimum Gasteiger partial charge on any atom is -0.226 e. The summed E-state index contributed by atoms with van der Waals surface area (Å²) in [6, 6.07) is 1.54. The SMILES string of the molecule is CCCCCc1ccnc(F)c1F. The lowest BCUT2D eigenvalue weighted by atomic mass is 10.1. The number of rotatable bonds is 4. The highest BCUT2D eigenvalue weighted by Crippen LogP contribution is 2.12. The summed E-state index contributed by atoms with van der Waals surface area (Å²) in [5, 5.41) is 0. The lowest BCUT2D eigenvalue weighted by molar-refractivity contribution is 0.468. The maximum Gasteiger partial charge on any atom is 0.249 e. The number of pyridine rings is 1. The first kappa shape index (κ1) is 10.1. The van der Waals surface area contributed by atoms with Gasteiger partial charge in [-0.3, -0.25) is 0 Å². The Morgan fingerprint density at radius 2 is 2.08 bits per heavy atom. The molecule has 0 N–H and O–H groups in total. The quantitative estimate of drug-likeness (QED) is 0.519. The molecule has 0 fully saturated rings. The molecule has 1 nitrogen and oxygen atoms in total. The highest BCUT2D eigenvalue weighted by Gasteiger charge is 2.07. The maximum absolute atomic E-state index is 13.0. The van der Waals surface area contributed by atoms with E-state index in [1.807, 2.05) is 0 Å². The Morgan fingerprint density at radius 3 is 2.77 bits per heavy atom. The molecule has 0 saturated carbocycles. The van der Waals surface area contributed by atoms with Crippen molar-refractivity contribution < 1.29 is 8.78 Å². The normalized spacial score (nSPS) is 10.4. The van der Waals surface area contributed by atoms with Gasteiger partial charge in [-0.15, -0.1) is 0 Å². The van der Waals surface area contributed by atoms with E-state index in [0.717, 1.165) is 19.3 Å². The molecule has 0 aliphatic rings. The van der Waals surface area contributed by atoms with Gasteiger partial charge < -0.3 is 0 Å². The topological polar surface area (TPSA) is 12.9 Å². The third-order valence-electron chi connectivity index (χ3n) is 1.98. The number of aryl methyl sites for hydroxylation is 1. The van der Waals surface area contributed by atoms with Gasteiger partial charge in [-0.05, 0) is 24.5 Å². The molecular formula is C10H13F2N. The molecule has 0 radical (unpaired) electrons. The minimum atomic E-state index is -0.992. The summed E-state index contributed by atoms with van der Waals surface area (Å²) in [7, 11) is 0. The van der Waals surface area contributed by atoms with Crippen LogP contribution in [0.15, 0.2) is 12.3 Å². The molecule has 0 unspecified atom stereocenters. The molecule has 72 valence electrons. The van der Waals surface area contributed by atoms with Crippen LogP contribution in [-0.2, 0) is 6.42 Å². The Balaban J connectivity index is 2.61. The molecule has 0 bridgehead atoms. The Hall–Kier alpha value is -0.990. The third-order valence-corrected chi connectivity index (χ3v) is 1.98. The minimum absolute atomic E-state index is 0.431. The molecule has 1 rings (SSSR count). The number of halogens is 2. The summed E-state index contributed by atoms with van der Waals surface area (Å²) in [6.07, 6.45) is 4.92. The van der Waals surface area contributed by atoms with Gasteiger partial charge in [-0.2, -0.15) is 4.39 Å². The first-order chi connectivity index (χ1) is 6.25. The molecule has 0 aliphatic carbocycles. The van der Waals surface area contributed by atoms with Crippen LogP contribution in [0.5, 0.6) is 0 Å². The standard InChI is InChI=1S/C10H13F2N/c1-2-3-4-5-8-6-7-13-10(12)9(8)11/h6-7H,2-5H2,1H3. The van der Waals surface area contributed by atoms with Crippen molar-refractivity contribution in [2.75, 3.05) is 0 Å². The van der Waals surface area contributed by atoms with E-state index < -0.39 is 11.8 Å². The Kier molecular flexibility index (Phi) is 3.80. The van der Waals surface area contributed by atoms with Gasteiger partial charge in [0.2, 0.25) is 5.95 Å². The van der Waals surface area contributed by atoms with E-state index in [1.54, 1.807) is 0 Å². The molecular weight excluding hydrogens is 172 g/mol. The highest BCUT2D eigenvalue weighted by atomic mass is 19.2. The fourth-order valence-electron chi connectivity index (χ4n) is 1.21. The molecule has 0 amide bonds. The van der Waals surface area contributed by atoms with E-state index >= 15 is 0 Å². The zero-order valence-electron chi connectivity index (χ0n) is 7.69. The lowest BCUT2D eigenvalue weighted by Crippen LogP contribution is -1.96. The summed E-state index contributed by atoms with van der Waals surface area (Å²) in [5.74, 6) is -1.78. The van der Waals surface area contributed by atoms with Crippen molar-refractivity contribution in [3.05, 3.63) is 29.6 Å². The van der Waals surface area contributed by atoms with Gasteiger partial charge in [0.1, 0.15) is 0 Å². The summed E-state index contributed by atoms with van der Waals surface area (Å²) >= 11 is 0. The summed E-state index contributed by atoms with van der Waals surface area (Å²) in [6.45, 7) is 2.07. The second kappa shape index (κ2) is 4.90. The van der Waals surface area contributed by atoms with E-state index in [-0.39, 0.29) is 0 Å². The number of hydrogen-bond donors (Lipinski definition) is 0. The van der Waals surface area contributed by atoms with E-state index in [0.29, 0.717) is 12.0 Å². The van der Waals surface area contributed by atoms with E-state index in [9.17, 15) is 8.78 Å². The van der Waals surface area contributed by atoms with Crippen molar-refractivity contribution in [1.29, 1.82) is 0 Å². The third kappa shape index (κ3) is 2.76. The average Bonchev–Trinajstić information content (AvgIpc) is 2.13. The number of hydrogen-bond acceptors (Lipinski definition) is 1. The molecule has 3 heteroatoms. The smallest absolute Gasteiger partial charge is 0.226 e. The second-order valence-corrected chi connectivity index (χ2v) is 3.03. The van der Waals surface area contributed by atoms with Crippen LogP contribution in [0.2, 0.25) is 0 Å². The zero-order valence-corrected chi connectivity index (χ0v) is 7.69. The van der Waals surface area contributed by atoms with Crippen LogP contribution in [-0.4, -0.2) is 4.98 Å². The van der Waals surface area contributed by atoms with E-state index in [1.165, 1.54) is 12.3 Å². The van der Waals surface area contributed by atoms with Crippen molar-refractivity contribution in [2.45, 2.75) is 32.6 Å². The van der Waals surface area contributed by atoms with Crippen LogP contribution in [0, 0.1) is 11.8 Å². The highest BCUT2D eigenvalue weighted by molar-refractivity contribution is 5.13. The summed E-state index contributed by atoms with van der Waals surface area (Å²) in [5.41, 5.74) is 0.431. The van der Waals surface area contributed by atoms with Gasteiger partial charge in [0.25, 0.3) is 0 Å². The largest absolute Gasteiger partial charge is 0.249 e. The van der Waals surface area contributed by atoms with Crippen LogP contribution in [0.25, 0.3) is 0 Å². The first-order valence-electron chi connectivity index (χ1n) is 4.54. The number of aromatic nitrogens is 1. The Labute approximate surface area is 76.8 Å². The molecule has 0 aliphatic heterocycles. The Morgan fingerprint density at radius 1 is 1.31 bits per heavy atom. The predicted octanol–water partition coefficient (Wildman–Crippen LogP) is 3.09. The molecule has 0 aromatic carbocycles. The van der Waals surface area contributed by atoms with Crippen LogP contribution in [0.1, 0.15) is 31.7 Å². The van der Waals surface area contributed by atoms with Gasteiger partial charge in [0.15, 0.2) is 5.82 Å². The number of unbranched alkanes of at least 4 members (excludes halogenated alkanes) is 2. The molecule has 0 spiro atoms.